The van der Waals surface area contributed by atoms with Crippen molar-refractivity contribution >= 4 is 17.4 Å². The second-order valence-corrected chi connectivity index (χ2v) is 5.59. The summed E-state index contributed by atoms with van der Waals surface area (Å²) in [5.41, 5.74) is 1.95. The van der Waals surface area contributed by atoms with Crippen LogP contribution in [0.5, 0.6) is 0 Å². The van der Waals surface area contributed by atoms with E-state index in [0.717, 1.165) is 18.4 Å². The molecular formula is C16H11ClN2O3. The third-order valence-corrected chi connectivity index (χ3v) is 3.96. The molecule has 5 nitrogen and oxygen atoms in total. The average Bonchev–Trinajstić information content (AvgIpc) is 3.15. The number of aromatic nitrogens is 2. The van der Waals surface area contributed by atoms with Crippen molar-refractivity contribution in [3.05, 3.63) is 46.9 Å². The largest absolute Gasteiger partial charge is 0.468 e. The third-order valence-electron chi connectivity index (χ3n) is 3.71. The maximum atomic E-state index is 12.1. The Kier molecular flexibility index (Phi) is 3.08. The van der Waals surface area contributed by atoms with Gasteiger partial charge in [-0.2, -0.15) is 4.98 Å². The minimum absolute atomic E-state index is 0.0660. The van der Waals surface area contributed by atoms with E-state index in [4.69, 9.17) is 20.5 Å². The molecule has 2 aromatic heterocycles. The van der Waals surface area contributed by atoms with Crippen LogP contribution in [-0.2, 0) is 6.42 Å². The molecule has 1 aliphatic rings. The lowest BCUT2D eigenvalue weighted by Crippen LogP contribution is -2.09. The fraction of sp³-hybridized carbons (Fsp3) is 0.188. The number of carbonyl (C=O) groups excluding carboxylic acids is 1. The van der Waals surface area contributed by atoms with Gasteiger partial charge in [-0.25, -0.2) is 0 Å². The Morgan fingerprint density at radius 3 is 2.77 bits per heavy atom. The summed E-state index contributed by atoms with van der Waals surface area (Å²) in [6, 6.07) is 7.15. The highest BCUT2D eigenvalue weighted by Gasteiger charge is 2.28. The Morgan fingerprint density at radius 1 is 1.14 bits per heavy atom. The van der Waals surface area contributed by atoms with Crippen LogP contribution in [0, 0.1) is 0 Å². The normalized spacial score (nSPS) is 14.1. The van der Waals surface area contributed by atoms with E-state index in [9.17, 15) is 4.79 Å². The first kappa shape index (κ1) is 13.3. The highest BCUT2D eigenvalue weighted by molar-refractivity contribution is 6.30. The molecule has 0 saturated heterocycles. The second-order valence-electron chi connectivity index (χ2n) is 5.15. The SMILES string of the molecule is O=C1CCCc2occ(-c3nc(-c4ccc(Cl)cc4)no3)c21. The molecule has 6 heteroatoms. The molecule has 0 aliphatic heterocycles. The first-order valence-corrected chi connectivity index (χ1v) is 7.34. The maximum absolute atomic E-state index is 12.1. The summed E-state index contributed by atoms with van der Waals surface area (Å²) in [7, 11) is 0. The molecule has 0 bridgehead atoms. The van der Waals surface area contributed by atoms with E-state index >= 15 is 0 Å². The molecule has 0 radical (unpaired) electrons. The Balaban J connectivity index is 1.75. The van der Waals surface area contributed by atoms with Crippen molar-refractivity contribution in [3.63, 3.8) is 0 Å². The van der Waals surface area contributed by atoms with Gasteiger partial charge in [-0.05, 0) is 30.7 Å². The quantitative estimate of drug-likeness (QED) is 0.710. The summed E-state index contributed by atoms with van der Waals surface area (Å²) >= 11 is 5.87. The van der Waals surface area contributed by atoms with Gasteiger partial charge in [0.15, 0.2) is 5.78 Å². The van der Waals surface area contributed by atoms with Crippen molar-refractivity contribution in [3.8, 4) is 22.8 Å². The molecule has 0 unspecified atom stereocenters. The predicted octanol–water partition coefficient (Wildman–Crippen LogP) is 4.17. The molecule has 0 spiro atoms. The number of benzene rings is 1. The van der Waals surface area contributed by atoms with Crippen molar-refractivity contribution in [1.29, 1.82) is 0 Å². The van der Waals surface area contributed by atoms with Crippen molar-refractivity contribution in [2.45, 2.75) is 19.3 Å². The number of carbonyl (C=O) groups is 1. The van der Waals surface area contributed by atoms with Crippen molar-refractivity contribution in [2.75, 3.05) is 0 Å². The maximum Gasteiger partial charge on any atom is 0.262 e. The van der Waals surface area contributed by atoms with Crippen LogP contribution in [0.2, 0.25) is 5.02 Å². The Bertz CT molecular complexity index is 849. The van der Waals surface area contributed by atoms with E-state index in [1.54, 1.807) is 12.1 Å². The topological polar surface area (TPSA) is 69.1 Å². The van der Waals surface area contributed by atoms with Gasteiger partial charge in [0.1, 0.15) is 12.0 Å². The van der Waals surface area contributed by atoms with Crippen LogP contribution in [0.15, 0.2) is 39.5 Å². The summed E-state index contributed by atoms with van der Waals surface area (Å²) in [5, 5.41) is 4.60. The Labute approximate surface area is 130 Å². The van der Waals surface area contributed by atoms with E-state index in [1.165, 1.54) is 6.26 Å². The summed E-state index contributed by atoms with van der Waals surface area (Å²) in [4.78, 5) is 16.5. The molecule has 22 heavy (non-hydrogen) atoms. The van der Waals surface area contributed by atoms with Crippen LogP contribution in [0.4, 0.5) is 0 Å². The van der Waals surface area contributed by atoms with Crippen LogP contribution in [-0.4, -0.2) is 15.9 Å². The standard InChI is InChI=1S/C16H11ClN2O3/c17-10-6-4-9(5-7-10)15-18-16(22-19-15)11-8-21-13-3-1-2-12(20)14(11)13/h4-8H,1-3H2. The first-order chi connectivity index (χ1) is 10.7. The molecule has 4 rings (SSSR count). The van der Waals surface area contributed by atoms with E-state index in [-0.39, 0.29) is 5.78 Å². The number of fused-ring (bicyclic) bond motifs is 1. The van der Waals surface area contributed by atoms with Gasteiger partial charge >= 0.3 is 0 Å². The first-order valence-electron chi connectivity index (χ1n) is 6.96. The van der Waals surface area contributed by atoms with Crippen molar-refractivity contribution in [1.82, 2.24) is 10.1 Å². The summed E-state index contributed by atoms with van der Waals surface area (Å²) in [6.07, 6.45) is 3.63. The summed E-state index contributed by atoms with van der Waals surface area (Å²) in [5.74, 6) is 1.52. The molecule has 0 fully saturated rings. The lowest BCUT2D eigenvalue weighted by atomic mass is 9.94. The number of Topliss-reactive ketones (excluding diaryl/α,β-unsaturated/α-hetero) is 1. The zero-order chi connectivity index (χ0) is 15.1. The zero-order valence-corrected chi connectivity index (χ0v) is 12.3. The van der Waals surface area contributed by atoms with Crippen LogP contribution in [0.1, 0.15) is 29.0 Å². The molecule has 3 aromatic rings. The number of rotatable bonds is 2. The highest BCUT2D eigenvalue weighted by Crippen LogP contribution is 2.33. The minimum atomic E-state index is 0.0660. The molecule has 0 atom stereocenters. The van der Waals surface area contributed by atoms with Gasteiger partial charge in [0.2, 0.25) is 5.82 Å². The summed E-state index contributed by atoms with van der Waals surface area (Å²) < 4.78 is 10.8. The third kappa shape index (κ3) is 2.14. The van der Waals surface area contributed by atoms with E-state index in [1.807, 2.05) is 12.1 Å². The predicted molar refractivity (Wildman–Crippen MR) is 79.7 cm³/mol. The van der Waals surface area contributed by atoms with Crippen LogP contribution in [0.25, 0.3) is 22.8 Å². The number of halogens is 1. The van der Waals surface area contributed by atoms with Gasteiger partial charge in [-0.3, -0.25) is 4.79 Å². The molecule has 0 N–H and O–H groups in total. The number of hydrogen-bond donors (Lipinski definition) is 0. The monoisotopic (exact) mass is 314 g/mol. The zero-order valence-electron chi connectivity index (χ0n) is 11.5. The van der Waals surface area contributed by atoms with Gasteiger partial charge in [0, 0.05) is 23.4 Å². The highest BCUT2D eigenvalue weighted by atomic mass is 35.5. The second kappa shape index (κ2) is 5.10. The van der Waals surface area contributed by atoms with Gasteiger partial charge in [0.25, 0.3) is 5.89 Å². The molecular weight excluding hydrogens is 304 g/mol. The fourth-order valence-electron chi connectivity index (χ4n) is 2.63. The van der Waals surface area contributed by atoms with Crippen molar-refractivity contribution in [2.24, 2.45) is 0 Å². The van der Waals surface area contributed by atoms with Crippen LogP contribution >= 0.6 is 11.6 Å². The average molecular weight is 315 g/mol. The molecule has 2 heterocycles. The minimum Gasteiger partial charge on any atom is -0.468 e. The molecule has 1 aliphatic carbocycles. The van der Waals surface area contributed by atoms with Crippen LogP contribution < -0.4 is 0 Å². The van der Waals surface area contributed by atoms with Crippen LogP contribution in [0.3, 0.4) is 0 Å². The Hall–Kier alpha value is -2.40. The smallest absolute Gasteiger partial charge is 0.262 e. The fourth-order valence-corrected chi connectivity index (χ4v) is 2.75. The lowest BCUT2D eigenvalue weighted by Gasteiger charge is -2.08. The molecule has 0 saturated carbocycles. The number of furan rings is 1. The van der Waals surface area contributed by atoms with Gasteiger partial charge < -0.3 is 8.94 Å². The molecule has 110 valence electrons. The molecule has 1 aromatic carbocycles. The van der Waals surface area contributed by atoms with Gasteiger partial charge in [0.05, 0.1) is 11.1 Å². The number of aryl methyl sites for hydroxylation is 1. The van der Waals surface area contributed by atoms with E-state index < -0.39 is 0 Å². The van der Waals surface area contributed by atoms with Gasteiger partial charge in [-0.1, -0.05) is 16.8 Å². The molecule has 0 amide bonds. The van der Waals surface area contributed by atoms with E-state index in [0.29, 0.717) is 40.0 Å². The lowest BCUT2D eigenvalue weighted by molar-refractivity contribution is 0.0970. The Morgan fingerprint density at radius 2 is 1.95 bits per heavy atom. The number of nitrogens with zero attached hydrogens (tertiary/aromatic N) is 2. The number of hydrogen-bond acceptors (Lipinski definition) is 5. The van der Waals surface area contributed by atoms with E-state index in [2.05, 4.69) is 10.1 Å². The number of ketones is 1. The summed E-state index contributed by atoms with van der Waals surface area (Å²) in [6.45, 7) is 0. The van der Waals surface area contributed by atoms with Crippen molar-refractivity contribution < 1.29 is 13.7 Å². The van der Waals surface area contributed by atoms with Gasteiger partial charge in [-0.15, -0.1) is 0 Å².